The molecule has 0 unspecified atom stereocenters. The molecule has 3 rings (SSSR count). The molecule has 138 valence electrons. The Kier molecular flexibility index (Phi) is 5.55. The predicted octanol–water partition coefficient (Wildman–Crippen LogP) is 2.04. The Morgan fingerprint density at radius 1 is 1.04 bits per heavy atom. The van der Waals surface area contributed by atoms with E-state index in [1.165, 1.54) is 0 Å². The number of halogens is 3. The van der Waals surface area contributed by atoms with Crippen molar-refractivity contribution in [2.75, 3.05) is 42.9 Å². The van der Waals surface area contributed by atoms with Crippen molar-refractivity contribution in [3.05, 3.63) is 48.0 Å². The van der Waals surface area contributed by atoms with E-state index in [-0.39, 0.29) is 24.6 Å². The molecule has 0 aliphatic carbocycles. The van der Waals surface area contributed by atoms with Gasteiger partial charge in [0, 0.05) is 51.5 Å². The lowest BCUT2D eigenvalue weighted by Gasteiger charge is -2.34. The van der Waals surface area contributed by atoms with Gasteiger partial charge in [-0.15, -0.1) is 0 Å². The van der Waals surface area contributed by atoms with Crippen LogP contribution >= 0.6 is 0 Å². The van der Waals surface area contributed by atoms with Gasteiger partial charge in [-0.1, -0.05) is 0 Å². The van der Waals surface area contributed by atoms with Crippen LogP contribution in [0.5, 0.6) is 0 Å². The Balaban J connectivity index is 1.46. The molecule has 0 bridgehead atoms. The standard InChI is InChI=1S/C17H18F3N5O/c18-12-2-3-13(16(20)15(12)19)21-7-4-14(26)24-8-10-25(11-9-24)17-22-5-1-6-23-17/h1-3,5-6,21H,4,7-11H2. The van der Waals surface area contributed by atoms with E-state index in [0.717, 1.165) is 12.1 Å². The van der Waals surface area contributed by atoms with E-state index in [2.05, 4.69) is 15.3 Å². The van der Waals surface area contributed by atoms with Crippen LogP contribution in [0.4, 0.5) is 24.8 Å². The van der Waals surface area contributed by atoms with Crippen LogP contribution in [0.25, 0.3) is 0 Å². The van der Waals surface area contributed by atoms with Gasteiger partial charge in [0.05, 0.1) is 5.69 Å². The second-order valence-electron chi connectivity index (χ2n) is 5.82. The number of aromatic nitrogens is 2. The fourth-order valence-corrected chi connectivity index (χ4v) is 2.74. The molecule has 1 aromatic heterocycles. The largest absolute Gasteiger partial charge is 0.382 e. The smallest absolute Gasteiger partial charge is 0.225 e. The molecular formula is C17H18F3N5O. The number of anilines is 2. The predicted molar refractivity (Wildman–Crippen MR) is 90.2 cm³/mol. The van der Waals surface area contributed by atoms with E-state index in [1.807, 2.05) is 4.90 Å². The molecule has 1 N–H and O–H groups in total. The van der Waals surface area contributed by atoms with Crippen LogP contribution in [0.1, 0.15) is 6.42 Å². The first-order valence-corrected chi connectivity index (χ1v) is 8.23. The average molecular weight is 365 g/mol. The van der Waals surface area contributed by atoms with Crippen LogP contribution in [-0.2, 0) is 4.79 Å². The van der Waals surface area contributed by atoms with Crippen molar-refractivity contribution >= 4 is 17.5 Å². The number of nitrogens with one attached hydrogen (secondary N) is 1. The molecule has 2 heterocycles. The van der Waals surface area contributed by atoms with Crippen LogP contribution < -0.4 is 10.2 Å². The average Bonchev–Trinajstić information content (AvgIpc) is 2.68. The molecule has 0 atom stereocenters. The third kappa shape index (κ3) is 4.04. The third-order valence-electron chi connectivity index (χ3n) is 4.16. The fraction of sp³-hybridized carbons (Fsp3) is 0.353. The highest BCUT2D eigenvalue weighted by Gasteiger charge is 2.22. The summed E-state index contributed by atoms with van der Waals surface area (Å²) < 4.78 is 39.6. The van der Waals surface area contributed by atoms with Gasteiger partial charge in [0.25, 0.3) is 0 Å². The molecular weight excluding hydrogens is 347 g/mol. The highest BCUT2D eigenvalue weighted by molar-refractivity contribution is 5.77. The first-order chi connectivity index (χ1) is 12.6. The van der Waals surface area contributed by atoms with Gasteiger partial charge in [0.1, 0.15) is 0 Å². The van der Waals surface area contributed by atoms with E-state index >= 15 is 0 Å². The number of benzene rings is 1. The highest BCUT2D eigenvalue weighted by Crippen LogP contribution is 2.19. The van der Waals surface area contributed by atoms with Crippen molar-refractivity contribution in [2.45, 2.75) is 6.42 Å². The molecule has 0 spiro atoms. The molecule has 26 heavy (non-hydrogen) atoms. The summed E-state index contributed by atoms with van der Waals surface area (Å²) in [5.74, 6) is -3.51. The first-order valence-electron chi connectivity index (χ1n) is 8.23. The minimum atomic E-state index is -1.53. The SMILES string of the molecule is O=C(CCNc1ccc(F)c(F)c1F)N1CCN(c2ncccn2)CC1. The Morgan fingerprint density at radius 2 is 1.73 bits per heavy atom. The number of hydrogen-bond donors (Lipinski definition) is 1. The summed E-state index contributed by atoms with van der Waals surface area (Å²) in [6.07, 6.45) is 3.46. The van der Waals surface area contributed by atoms with Gasteiger partial charge >= 0.3 is 0 Å². The Bertz CT molecular complexity index is 766. The van der Waals surface area contributed by atoms with Gasteiger partial charge < -0.3 is 15.1 Å². The first kappa shape index (κ1) is 18.0. The monoisotopic (exact) mass is 365 g/mol. The van der Waals surface area contributed by atoms with Gasteiger partial charge in [-0.3, -0.25) is 4.79 Å². The second-order valence-corrected chi connectivity index (χ2v) is 5.82. The molecule has 6 nitrogen and oxygen atoms in total. The van der Waals surface area contributed by atoms with Gasteiger partial charge in [-0.2, -0.15) is 0 Å². The summed E-state index contributed by atoms with van der Waals surface area (Å²) in [4.78, 5) is 24.3. The quantitative estimate of drug-likeness (QED) is 0.822. The van der Waals surface area contributed by atoms with Crippen molar-refractivity contribution in [1.82, 2.24) is 14.9 Å². The zero-order valence-corrected chi connectivity index (χ0v) is 14.0. The fourth-order valence-electron chi connectivity index (χ4n) is 2.74. The molecule has 1 aliphatic heterocycles. The number of carbonyl (C=O) groups excluding carboxylic acids is 1. The van der Waals surface area contributed by atoms with Crippen LogP contribution in [0, 0.1) is 17.5 Å². The van der Waals surface area contributed by atoms with Gasteiger partial charge in [-0.05, 0) is 18.2 Å². The summed E-state index contributed by atoms with van der Waals surface area (Å²) in [6.45, 7) is 2.46. The maximum atomic E-state index is 13.6. The molecule has 1 saturated heterocycles. The van der Waals surface area contributed by atoms with Crippen LogP contribution in [0.2, 0.25) is 0 Å². The molecule has 9 heteroatoms. The van der Waals surface area contributed by atoms with E-state index in [9.17, 15) is 18.0 Å². The van der Waals surface area contributed by atoms with Crippen molar-refractivity contribution in [3.8, 4) is 0 Å². The Morgan fingerprint density at radius 3 is 2.42 bits per heavy atom. The Hall–Kier alpha value is -2.84. The minimum Gasteiger partial charge on any atom is -0.382 e. The topological polar surface area (TPSA) is 61.4 Å². The lowest BCUT2D eigenvalue weighted by molar-refractivity contribution is -0.131. The molecule has 1 aliphatic rings. The van der Waals surface area contributed by atoms with Gasteiger partial charge in [-0.25, -0.2) is 23.1 Å². The lowest BCUT2D eigenvalue weighted by atomic mass is 10.2. The maximum absolute atomic E-state index is 13.6. The lowest BCUT2D eigenvalue weighted by Crippen LogP contribution is -2.49. The van der Waals surface area contributed by atoms with E-state index in [4.69, 9.17) is 0 Å². The van der Waals surface area contributed by atoms with E-state index in [0.29, 0.717) is 32.1 Å². The molecule has 1 fully saturated rings. The number of amides is 1. The zero-order valence-electron chi connectivity index (χ0n) is 14.0. The third-order valence-corrected chi connectivity index (χ3v) is 4.16. The minimum absolute atomic E-state index is 0.0888. The van der Waals surface area contributed by atoms with E-state index in [1.54, 1.807) is 23.4 Å². The van der Waals surface area contributed by atoms with E-state index < -0.39 is 17.5 Å². The van der Waals surface area contributed by atoms with Crippen molar-refractivity contribution in [3.63, 3.8) is 0 Å². The van der Waals surface area contributed by atoms with Gasteiger partial charge in [0.2, 0.25) is 11.9 Å². The summed E-state index contributed by atoms with van der Waals surface area (Å²) in [5, 5.41) is 2.63. The highest BCUT2D eigenvalue weighted by atomic mass is 19.2. The molecule has 1 aromatic carbocycles. The summed E-state index contributed by atoms with van der Waals surface area (Å²) in [7, 11) is 0. The summed E-state index contributed by atoms with van der Waals surface area (Å²) >= 11 is 0. The molecule has 2 aromatic rings. The normalized spacial score (nSPS) is 14.4. The molecule has 1 amide bonds. The van der Waals surface area contributed by atoms with Crippen molar-refractivity contribution in [2.24, 2.45) is 0 Å². The second kappa shape index (κ2) is 8.03. The van der Waals surface area contributed by atoms with Crippen LogP contribution in [-0.4, -0.2) is 53.5 Å². The number of carbonyl (C=O) groups is 1. The zero-order chi connectivity index (χ0) is 18.5. The number of piperazine rings is 1. The molecule has 0 radical (unpaired) electrons. The number of hydrogen-bond acceptors (Lipinski definition) is 5. The number of nitrogens with zero attached hydrogens (tertiary/aromatic N) is 4. The van der Waals surface area contributed by atoms with Gasteiger partial charge in [0.15, 0.2) is 17.5 Å². The van der Waals surface area contributed by atoms with Crippen LogP contribution in [0.3, 0.4) is 0 Å². The number of rotatable bonds is 5. The summed E-state index contributed by atoms with van der Waals surface area (Å²) in [5.41, 5.74) is -0.164. The Labute approximate surface area is 148 Å². The van der Waals surface area contributed by atoms with Crippen molar-refractivity contribution < 1.29 is 18.0 Å². The van der Waals surface area contributed by atoms with Crippen molar-refractivity contribution in [1.29, 1.82) is 0 Å². The molecule has 0 saturated carbocycles. The maximum Gasteiger partial charge on any atom is 0.225 e. The summed E-state index contributed by atoms with van der Waals surface area (Å²) in [6, 6.07) is 3.69. The van der Waals surface area contributed by atoms with Crippen LogP contribution in [0.15, 0.2) is 30.6 Å².